The van der Waals surface area contributed by atoms with E-state index in [4.69, 9.17) is 0 Å². The van der Waals surface area contributed by atoms with Crippen molar-refractivity contribution in [2.75, 3.05) is 0 Å². The van der Waals surface area contributed by atoms with Crippen molar-refractivity contribution in [3.8, 4) is 0 Å². The molecular formula is C8H10Cl6-6. The Kier molecular flexibility index (Phi) is 50.6. The quantitative estimate of drug-likeness (QED) is 0.446. The molecule has 1 rings (SSSR count). The van der Waals surface area contributed by atoms with Crippen LogP contribution in [0, 0.1) is 13.8 Å². The van der Waals surface area contributed by atoms with E-state index >= 15 is 0 Å². The third-order valence-corrected chi connectivity index (χ3v) is 1.17. The van der Waals surface area contributed by atoms with Crippen molar-refractivity contribution in [1.29, 1.82) is 0 Å². The number of hydrogen-bond donors (Lipinski definition) is 0. The van der Waals surface area contributed by atoms with E-state index in [2.05, 4.69) is 38.1 Å². The summed E-state index contributed by atoms with van der Waals surface area (Å²) in [5, 5.41) is 0. The molecule has 6 heteroatoms. The first kappa shape index (κ1) is 36.3. The summed E-state index contributed by atoms with van der Waals surface area (Å²) in [5.41, 5.74) is 2.68. The molecule has 0 amide bonds. The second-order valence-electron chi connectivity index (χ2n) is 2.16. The molecule has 0 bridgehead atoms. The van der Waals surface area contributed by atoms with Gasteiger partial charge in [-0.2, -0.15) is 0 Å². The molecule has 0 spiro atoms. The first-order valence-electron chi connectivity index (χ1n) is 2.82. The highest BCUT2D eigenvalue weighted by molar-refractivity contribution is 5.20. The summed E-state index contributed by atoms with van der Waals surface area (Å²) in [6.45, 7) is 4.21. The van der Waals surface area contributed by atoms with Crippen LogP contribution in [0.3, 0.4) is 0 Å². The fourth-order valence-electron chi connectivity index (χ4n) is 0.807. The zero-order valence-electron chi connectivity index (χ0n) is 7.58. The van der Waals surface area contributed by atoms with Crippen LogP contribution in [0.2, 0.25) is 0 Å². The van der Waals surface area contributed by atoms with Gasteiger partial charge in [0.05, 0.1) is 0 Å². The predicted octanol–water partition coefficient (Wildman–Crippen LogP) is -15.7. The molecule has 0 heterocycles. The van der Waals surface area contributed by atoms with E-state index in [9.17, 15) is 0 Å². The Balaban J connectivity index is -0.0000000267. The van der Waals surface area contributed by atoms with E-state index in [1.807, 2.05) is 0 Å². The van der Waals surface area contributed by atoms with Gasteiger partial charge in [-0.1, -0.05) is 35.4 Å². The molecule has 0 saturated carbocycles. The second-order valence-corrected chi connectivity index (χ2v) is 2.16. The number of hydrogen-bond acceptors (Lipinski definition) is 0. The molecule has 0 N–H and O–H groups in total. The van der Waals surface area contributed by atoms with Crippen LogP contribution in [0.5, 0.6) is 0 Å². The van der Waals surface area contributed by atoms with E-state index < -0.39 is 0 Å². The molecule has 0 aliphatic carbocycles. The molecule has 0 aliphatic heterocycles. The minimum Gasteiger partial charge on any atom is -1.00 e. The van der Waals surface area contributed by atoms with Gasteiger partial charge in [0.15, 0.2) is 0 Å². The number of benzene rings is 1. The molecule has 0 unspecified atom stereocenters. The smallest absolute Gasteiger partial charge is 0.0398 e. The van der Waals surface area contributed by atoms with Crippen LogP contribution in [-0.4, -0.2) is 0 Å². The fraction of sp³-hybridized carbons (Fsp3) is 0.250. The molecule has 1 aromatic rings. The van der Waals surface area contributed by atoms with E-state index in [0.29, 0.717) is 0 Å². The molecule has 0 fully saturated rings. The third-order valence-electron chi connectivity index (χ3n) is 1.17. The third kappa shape index (κ3) is 15.4. The summed E-state index contributed by atoms with van der Waals surface area (Å²) in [6.07, 6.45) is 0. The van der Waals surface area contributed by atoms with E-state index in [1.165, 1.54) is 11.1 Å². The average molecular weight is 319 g/mol. The first-order valence-corrected chi connectivity index (χ1v) is 2.82. The van der Waals surface area contributed by atoms with E-state index in [0.717, 1.165) is 0 Å². The fourth-order valence-corrected chi connectivity index (χ4v) is 0.807. The molecule has 0 nitrogen and oxygen atoms in total. The summed E-state index contributed by atoms with van der Waals surface area (Å²) in [7, 11) is 0. The van der Waals surface area contributed by atoms with Crippen molar-refractivity contribution in [3.63, 3.8) is 0 Å². The van der Waals surface area contributed by atoms with Gasteiger partial charge in [-0.05, 0) is 13.8 Å². The molecule has 0 radical (unpaired) electrons. The molecule has 1 aromatic carbocycles. The minimum atomic E-state index is 0. The zero-order chi connectivity index (χ0) is 5.98. The van der Waals surface area contributed by atoms with Crippen LogP contribution in [0.4, 0.5) is 0 Å². The Bertz CT molecular complexity index is 174. The standard InChI is InChI=1S/C8H10.6ClH/c1-7-4-3-5-8(2)6-7;;;;;;/h3-6H,1-2H3;6*1H/p-6. The topological polar surface area (TPSA) is 0 Å². The number of halogens is 6. The van der Waals surface area contributed by atoms with Crippen molar-refractivity contribution >= 4 is 0 Å². The minimum absolute atomic E-state index is 0. The van der Waals surface area contributed by atoms with Crippen LogP contribution in [0.25, 0.3) is 0 Å². The van der Waals surface area contributed by atoms with Gasteiger partial charge in [0.2, 0.25) is 0 Å². The van der Waals surface area contributed by atoms with Crippen molar-refractivity contribution in [2.24, 2.45) is 0 Å². The van der Waals surface area contributed by atoms with Crippen LogP contribution < -0.4 is 74.4 Å². The highest BCUT2D eigenvalue weighted by Crippen LogP contribution is 2.00. The summed E-state index contributed by atoms with van der Waals surface area (Å²) in [6, 6.07) is 8.45. The first-order chi connectivity index (χ1) is 3.79. The van der Waals surface area contributed by atoms with Crippen molar-refractivity contribution in [2.45, 2.75) is 13.8 Å². The lowest BCUT2D eigenvalue weighted by atomic mass is 10.2. The largest absolute Gasteiger partial charge is 1.00 e. The van der Waals surface area contributed by atoms with Crippen molar-refractivity contribution in [3.05, 3.63) is 35.4 Å². The Morgan fingerprint density at radius 1 is 0.643 bits per heavy atom. The van der Waals surface area contributed by atoms with Crippen LogP contribution >= 0.6 is 0 Å². The van der Waals surface area contributed by atoms with Gasteiger partial charge in [0.25, 0.3) is 0 Å². The Morgan fingerprint density at radius 2 is 0.929 bits per heavy atom. The van der Waals surface area contributed by atoms with Gasteiger partial charge in [-0.3, -0.25) is 0 Å². The molecule has 0 atom stereocenters. The van der Waals surface area contributed by atoms with Crippen LogP contribution in [0.1, 0.15) is 11.1 Å². The van der Waals surface area contributed by atoms with Gasteiger partial charge < -0.3 is 74.4 Å². The maximum absolute atomic E-state index is 2.17. The van der Waals surface area contributed by atoms with Gasteiger partial charge >= 0.3 is 0 Å². The van der Waals surface area contributed by atoms with Crippen LogP contribution in [-0.2, 0) is 0 Å². The Morgan fingerprint density at radius 3 is 1.07 bits per heavy atom. The Hall–Kier alpha value is 0.960. The van der Waals surface area contributed by atoms with Crippen molar-refractivity contribution in [1.82, 2.24) is 0 Å². The number of rotatable bonds is 0. The SMILES string of the molecule is Cc1cccc(C)c1.[Cl-].[Cl-].[Cl-].[Cl-].[Cl-].[Cl-]. The molecule has 14 heavy (non-hydrogen) atoms. The van der Waals surface area contributed by atoms with Gasteiger partial charge in [-0.15, -0.1) is 0 Å². The maximum atomic E-state index is 2.17. The predicted molar refractivity (Wildman–Crippen MR) is 35.9 cm³/mol. The van der Waals surface area contributed by atoms with Gasteiger partial charge in [0, 0.05) is 0 Å². The molecular weight excluding hydrogens is 309 g/mol. The number of aryl methyl sites for hydroxylation is 2. The summed E-state index contributed by atoms with van der Waals surface area (Å²) in [5.74, 6) is 0. The summed E-state index contributed by atoms with van der Waals surface area (Å²) < 4.78 is 0. The normalized spacial score (nSPS) is 5.29. The molecule has 0 aromatic heterocycles. The van der Waals surface area contributed by atoms with Crippen LogP contribution in [0.15, 0.2) is 24.3 Å². The average Bonchev–Trinajstić information content (AvgIpc) is 1.64. The zero-order valence-corrected chi connectivity index (χ0v) is 12.1. The van der Waals surface area contributed by atoms with Gasteiger partial charge in [-0.25, -0.2) is 0 Å². The van der Waals surface area contributed by atoms with E-state index in [1.54, 1.807) is 0 Å². The lowest BCUT2D eigenvalue weighted by Crippen LogP contribution is -3.00. The monoisotopic (exact) mass is 316 g/mol. The molecule has 90 valence electrons. The lowest BCUT2D eigenvalue weighted by molar-refractivity contribution is -0.00100. The summed E-state index contributed by atoms with van der Waals surface area (Å²) >= 11 is 0. The van der Waals surface area contributed by atoms with E-state index in [-0.39, 0.29) is 74.4 Å². The highest BCUT2D eigenvalue weighted by atomic mass is 35.5. The van der Waals surface area contributed by atoms with Crippen molar-refractivity contribution < 1.29 is 74.4 Å². The molecule has 0 saturated heterocycles. The summed E-state index contributed by atoms with van der Waals surface area (Å²) in [4.78, 5) is 0. The molecule has 0 aliphatic rings. The Labute approximate surface area is 123 Å². The second kappa shape index (κ2) is 19.5. The van der Waals surface area contributed by atoms with Gasteiger partial charge in [0.1, 0.15) is 0 Å². The highest BCUT2D eigenvalue weighted by Gasteiger charge is 1.80. The lowest BCUT2D eigenvalue weighted by Gasteiger charge is -1.90. The maximum Gasteiger partial charge on any atom is -0.0398 e.